The van der Waals surface area contributed by atoms with Crippen LogP contribution < -0.4 is 0 Å². The number of fused-ring (bicyclic) bond motifs is 5. The number of hydrogen-bond acceptors (Lipinski definition) is 4. The summed E-state index contributed by atoms with van der Waals surface area (Å²) in [6.45, 7) is 13.7. The first-order valence-electron chi connectivity index (χ1n) is 13.4. The third-order valence-electron chi connectivity index (χ3n) is 9.56. The standard InChI is InChI=1S/C29H42O4SSi/c1-20-7-10-23(11-8-20)34(30,31)32-22-15-17-28(2)21(19-22)9-12-24-25-13-14-27(33-35(4,5)6)29(25,3)18-16-26(24)28/h7-11,14,22,24-26H,12-13,15-19H2,1-6H3/t22?,24-,25?,26-,28-,29-/m0/s1. The molecule has 5 rings (SSSR count). The molecule has 35 heavy (non-hydrogen) atoms. The quantitative estimate of drug-likeness (QED) is 0.234. The molecular weight excluding hydrogens is 472 g/mol. The van der Waals surface area contributed by atoms with Gasteiger partial charge < -0.3 is 4.43 Å². The van der Waals surface area contributed by atoms with E-state index in [1.165, 1.54) is 24.2 Å². The molecule has 4 aliphatic rings. The lowest BCUT2D eigenvalue weighted by atomic mass is 9.48. The zero-order valence-electron chi connectivity index (χ0n) is 22.3. The van der Waals surface area contributed by atoms with Gasteiger partial charge in [0, 0.05) is 5.41 Å². The van der Waals surface area contributed by atoms with Gasteiger partial charge >= 0.3 is 0 Å². The van der Waals surface area contributed by atoms with Crippen LogP contribution in [0.1, 0.15) is 64.4 Å². The molecule has 4 aliphatic carbocycles. The molecule has 0 radical (unpaired) electrons. The van der Waals surface area contributed by atoms with Crippen LogP contribution in [0.25, 0.3) is 0 Å². The SMILES string of the molecule is Cc1ccc(S(=O)(=O)OC2CC[C@@]3(C)C(=CC[C@H]4C5CC=C(O[Si](C)(C)C)[C@@]5(C)CC[C@@H]43)C2)cc1. The highest BCUT2D eigenvalue weighted by Gasteiger charge is 2.57. The van der Waals surface area contributed by atoms with Gasteiger partial charge in [0.15, 0.2) is 0 Å². The van der Waals surface area contributed by atoms with Crippen molar-refractivity contribution in [3.63, 3.8) is 0 Å². The van der Waals surface area contributed by atoms with Crippen LogP contribution in [0.4, 0.5) is 0 Å². The first kappa shape index (κ1) is 25.3. The van der Waals surface area contributed by atoms with Gasteiger partial charge in [0.25, 0.3) is 10.1 Å². The number of hydrogen-bond donors (Lipinski definition) is 0. The maximum atomic E-state index is 12.9. The van der Waals surface area contributed by atoms with Crippen molar-refractivity contribution in [3.8, 4) is 0 Å². The highest BCUT2D eigenvalue weighted by Crippen LogP contribution is 2.65. The monoisotopic (exact) mass is 514 g/mol. The number of aryl methyl sites for hydroxylation is 1. The van der Waals surface area contributed by atoms with Crippen LogP contribution in [0.3, 0.4) is 0 Å². The minimum Gasteiger partial charge on any atom is -0.547 e. The van der Waals surface area contributed by atoms with Gasteiger partial charge in [-0.3, -0.25) is 4.18 Å². The Morgan fingerprint density at radius 2 is 1.60 bits per heavy atom. The molecule has 6 atom stereocenters. The first-order chi connectivity index (χ1) is 16.3. The Hall–Kier alpha value is -1.37. The fourth-order valence-corrected chi connectivity index (χ4v) is 9.74. The summed E-state index contributed by atoms with van der Waals surface area (Å²) in [5.41, 5.74) is 2.80. The van der Waals surface area contributed by atoms with Crippen molar-refractivity contribution < 1.29 is 17.0 Å². The normalized spacial score (nSPS) is 37.0. The highest BCUT2D eigenvalue weighted by molar-refractivity contribution is 7.86. The van der Waals surface area contributed by atoms with Crippen LogP contribution in [-0.2, 0) is 18.7 Å². The molecule has 0 aliphatic heterocycles. The Labute approximate surface area is 213 Å². The first-order valence-corrected chi connectivity index (χ1v) is 18.2. The molecule has 2 fully saturated rings. The lowest BCUT2D eigenvalue weighted by Crippen LogP contribution is -2.50. The van der Waals surface area contributed by atoms with Gasteiger partial charge in [-0.15, -0.1) is 0 Å². The molecular formula is C29H42O4SSi. The molecule has 0 bridgehead atoms. The number of benzene rings is 1. The van der Waals surface area contributed by atoms with Crippen LogP contribution in [0.5, 0.6) is 0 Å². The Kier molecular flexibility index (Phi) is 6.21. The van der Waals surface area contributed by atoms with E-state index >= 15 is 0 Å². The topological polar surface area (TPSA) is 52.6 Å². The average molecular weight is 515 g/mol. The summed E-state index contributed by atoms with van der Waals surface area (Å²) in [5.74, 6) is 3.27. The van der Waals surface area contributed by atoms with Gasteiger partial charge in [-0.2, -0.15) is 8.42 Å². The van der Waals surface area contributed by atoms with E-state index in [-0.39, 0.29) is 21.8 Å². The molecule has 0 amide bonds. The van der Waals surface area contributed by atoms with E-state index in [2.05, 4.69) is 45.6 Å². The summed E-state index contributed by atoms with van der Waals surface area (Å²) >= 11 is 0. The van der Waals surface area contributed by atoms with Crippen molar-refractivity contribution in [2.45, 2.75) is 96.4 Å². The molecule has 2 unspecified atom stereocenters. The number of rotatable bonds is 5. The summed E-state index contributed by atoms with van der Waals surface area (Å²) < 4.78 is 38.2. The van der Waals surface area contributed by atoms with Crippen molar-refractivity contribution in [1.82, 2.24) is 0 Å². The summed E-state index contributed by atoms with van der Waals surface area (Å²) in [5, 5.41) is 0. The van der Waals surface area contributed by atoms with Gasteiger partial charge in [0.1, 0.15) is 0 Å². The average Bonchev–Trinajstić information content (AvgIpc) is 3.09. The van der Waals surface area contributed by atoms with Gasteiger partial charge in [0.05, 0.1) is 16.8 Å². The lowest BCUT2D eigenvalue weighted by molar-refractivity contribution is -0.0356. The lowest BCUT2D eigenvalue weighted by Gasteiger charge is -2.57. The maximum absolute atomic E-state index is 12.9. The largest absolute Gasteiger partial charge is 0.547 e. The summed E-state index contributed by atoms with van der Waals surface area (Å²) in [6.07, 6.45) is 11.8. The fourth-order valence-electron chi connectivity index (χ4n) is 7.67. The highest BCUT2D eigenvalue weighted by atomic mass is 32.2. The Morgan fingerprint density at radius 1 is 0.914 bits per heavy atom. The molecule has 2 saturated carbocycles. The third kappa shape index (κ3) is 4.48. The molecule has 192 valence electrons. The van der Waals surface area contributed by atoms with Crippen molar-refractivity contribution in [3.05, 3.63) is 53.3 Å². The predicted molar refractivity (Wildman–Crippen MR) is 143 cm³/mol. The second-order valence-corrected chi connectivity index (χ2v) is 19.0. The summed E-state index contributed by atoms with van der Waals surface area (Å²) in [4.78, 5) is 0.255. The molecule has 1 aromatic carbocycles. The minimum absolute atomic E-state index is 0.153. The molecule has 0 aromatic heterocycles. The predicted octanol–water partition coefficient (Wildman–Crippen LogP) is 7.38. The molecule has 0 saturated heterocycles. The van der Waals surface area contributed by atoms with Crippen LogP contribution >= 0.6 is 0 Å². The smallest absolute Gasteiger partial charge is 0.297 e. The second kappa shape index (κ2) is 8.59. The Bertz CT molecular complexity index is 1150. The second-order valence-electron chi connectivity index (χ2n) is 13.0. The van der Waals surface area contributed by atoms with Gasteiger partial charge in [-0.1, -0.05) is 43.2 Å². The van der Waals surface area contributed by atoms with Crippen molar-refractivity contribution in [2.75, 3.05) is 0 Å². The van der Waals surface area contributed by atoms with E-state index < -0.39 is 18.4 Å². The molecule has 0 heterocycles. The third-order valence-corrected chi connectivity index (χ3v) is 11.8. The van der Waals surface area contributed by atoms with E-state index in [1.807, 2.05) is 19.1 Å². The minimum atomic E-state index is -3.74. The van der Waals surface area contributed by atoms with E-state index in [4.69, 9.17) is 8.61 Å². The Morgan fingerprint density at radius 3 is 2.29 bits per heavy atom. The summed E-state index contributed by atoms with van der Waals surface area (Å²) in [7, 11) is -5.37. The van der Waals surface area contributed by atoms with Crippen molar-refractivity contribution >= 4 is 18.4 Å². The van der Waals surface area contributed by atoms with Crippen LogP contribution in [-0.4, -0.2) is 22.8 Å². The Balaban J connectivity index is 1.32. The molecule has 1 aromatic rings. The molecule has 0 N–H and O–H groups in total. The van der Waals surface area contributed by atoms with Crippen LogP contribution in [0.15, 0.2) is 52.6 Å². The fraction of sp³-hybridized carbons (Fsp3) is 0.655. The summed E-state index contributed by atoms with van der Waals surface area (Å²) in [6, 6.07) is 6.95. The zero-order chi connectivity index (χ0) is 25.2. The van der Waals surface area contributed by atoms with Crippen LogP contribution in [0, 0.1) is 35.5 Å². The van der Waals surface area contributed by atoms with E-state index in [0.29, 0.717) is 17.8 Å². The van der Waals surface area contributed by atoms with Gasteiger partial charge in [-0.25, -0.2) is 0 Å². The van der Waals surface area contributed by atoms with Crippen molar-refractivity contribution in [1.29, 1.82) is 0 Å². The molecule has 6 heteroatoms. The molecule has 4 nitrogen and oxygen atoms in total. The maximum Gasteiger partial charge on any atom is 0.297 e. The van der Waals surface area contributed by atoms with Gasteiger partial charge in [0.2, 0.25) is 8.32 Å². The van der Waals surface area contributed by atoms with E-state index in [1.54, 1.807) is 12.1 Å². The van der Waals surface area contributed by atoms with E-state index in [0.717, 1.165) is 37.7 Å². The zero-order valence-corrected chi connectivity index (χ0v) is 24.1. The van der Waals surface area contributed by atoms with Crippen LogP contribution in [0.2, 0.25) is 19.6 Å². The van der Waals surface area contributed by atoms with Crippen molar-refractivity contribution in [2.24, 2.45) is 28.6 Å². The number of allylic oxidation sites excluding steroid dienone is 3. The van der Waals surface area contributed by atoms with Gasteiger partial charge in [-0.05, 0) is 113 Å². The van der Waals surface area contributed by atoms with E-state index in [9.17, 15) is 8.42 Å². The molecule has 0 spiro atoms.